The van der Waals surface area contributed by atoms with Crippen molar-refractivity contribution >= 4 is 29.9 Å². The Balaban J connectivity index is 0.00000280. The van der Waals surface area contributed by atoms with E-state index in [-0.39, 0.29) is 30.1 Å². The molecule has 0 radical (unpaired) electrons. The summed E-state index contributed by atoms with van der Waals surface area (Å²) < 4.78 is 16.9. The molecule has 1 aromatic heterocycles. The predicted molar refractivity (Wildman–Crippen MR) is 119 cm³/mol. The normalized spacial score (nSPS) is 16.5. The molecule has 0 spiro atoms. The minimum absolute atomic E-state index is 0. The molecule has 0 amide bonds. The zero-order chi connectivity index (χ0) is 19.1. The number of aliphatic imine (C=N–C) groups is 1. The highest BCUT2D eigenvalue weighted by Gasteiger charge is 2.18. The zero-order valence-electron chi connectivity index (χ0n) is 16.7. The predicted octanol–water partition coefficient (Wildman–Crippen LogP) is 3.20. The molecule has 2 heterocycles. The molecule has 0 saturated carbocycles. The Morgan fingerprint density at radius 1 is 1.29 bits per heavy atom. The van der Waals surface area contributed by atoms with Crippen LogP contribution in [0.3, 0.4) is 0 Å². The summed E-state index contributed by atoms with van der Waals surface area (Å²) in [6, 6.07) is 8.21. The Morgan fingerprint density at radius 3 is 2.79 bits per heavy atom. The lowest BCUT2D eigenvalue weighted by Crippen LogP contribution is -2.36. The molecule has 1 fully saturated rings. The molecule has 1 saturated heterocycles. The number of hydrogen-bond donors (Lipinski definition) is 2. The first kappa shape index (κ1) is 22.5. The van der Waals surface area contributed by atoms with Crippen molar-refractivity contribution in [1.29, 1.82) is 0 Å². The molecule has 1 aliphatic rings. The topological polar surface area (TPSA) is 80.9 Å². The molecule has 1 aliphatic heterocycles. The van der Waals surface area contributed by atoms with Crippen LogP contribution in [0, 0.1) is 6.92 Å². The van der Waals surface area contributed by atoms with Gasteiger partial charge in [0.15, 0.2) is 11.7 Å². The minimum atomic E-state index is 0. The molecule has 7 nitrogen and oxygen atoms in total. The van der Waals surface area contributed by atoms with Gasteiger partial charge in [0.2, 0.25) is 0 Å². The lowest BCUT2D eigenvalue weighted by Gasteiger charge is -2.17. The molecular weight excluding hydrogens is 471 g/mol. The van der Waals surface area contributed by atoms with Gasteiger partial charge in [0.05, 0.1) is 25.5 Å². The molecule has 0 bridgehead atoms. The molecule has 0 aliphatic carbocycles. The van der Waals surface area contributed by atoms with Crippen molar-refractivity contribution in [2.24, 2.45) is 4.99 Å². The third-order valence-electron chi connectivity index (χ3n) is 4.47. The summed E-state index contributed by atoms with van der Waals surface area (Å²) in [7, 11) is 1.75. The Labute approximate surface area is 183 Å². The number of nitrogens with one attached hydrogen (secondary N) is 2. The molecular formula is C20H29IN4O3. The fourth-order valence-corrected chi connectivity index (χ4v) is 2.88. The van der Waals surface area contributed by atoms with E-state index in [0.717, 1.165) is 42.2 Å². The van der Waals surface area contributed by atoms with E-state index in [1.165, 1.54) is 5.56 Å². The average Bonchev–Trinajstić information content (AvgIpc) is 3.35. The highest BCUT2D eigenvalue weighted by molar-refractivity contribution is 14.0. The van der Waals surface area contributed by atoms with Gasteiger partial charge in [-0.25, -0.2) is 0 Å². The highest BCUT2D eigenvalue weighted by Crippen LogP contribution is 2.23. The molecule has 1 unspecified atom stereocenters. The second-order valence-corrected chi connectivity index (χ2v) is 6.63. The summed E-state index contributed by atoms with van der Waals surface area (Å²) in [4.78, 5) is 4.27. The smallest absolute Gasteiger partial charge is 0.191 e. The second kappa shape index (κ2) is 11.3. The van der Waals surface area contributed by atoms with Gasteiger partial charge in [-0.15, -0.1) is 24.0 Å². The van der Waals surface area contributed by atoms with Crippen LogP contribution in [-0.2, 0) is 24.2 Å². The summed E-state index contributed by atoms with van der Waals surface area (Å²) in [5, 5.41) is 10.6. The van der Waals surface area contributed by atoms with Gasteiger partial charge in [-0.3, -0.25) is 4.99 Å². The van der Waals surface area contributed by atoms with Crippen molar-refractivity contribution in [3.8, 4) is 5.75 Å². The van der Waals surface area contributed by atoms with Gasteiger partial charge in [0.25, 0.3) is 0 Å². The van der Waals surface area contributed by atoms with Crippen LogP contribution in [0.25, 0.3) is 0 Å². The first-order valence-electron chi connectivity index (χ1n) is 9.41. The maximum atomic E-state index is 6.15. The van der Waals surface area contributed by atoms with Gasteiger partial charge in [-0.2, -0.15) is 0 Å². The van der Waals surface area contributed by atoms with Gasteiger partial charge in [0, 0.05) is 31.6 Å². The highest BCUT2D eigenvalue weighted by atomic mass is 127. The Hall–Kier alpha value is -1.81. The van der Waals surface area contributed by atoms with Crippen molar-refractivity contribution in [2.75, 3.05) is 20.3 Å². The number of benzene rings is 1. The maximum absolute atomic E-state index is 6.15. The number of halogens is 1. The fraction of sp³-hybridized carbons (Fsp3) is 0.500. The fourth-order valence-electron chi connectivity index (χ4n) is 2.88. The first-order valence-corrected chi connectivity index (χ1v) is 9.41. The molecule has 154 valence electrons. The van der Waals surface area contributed by atoms with E-state index in [0.29, 0.717) is 25.7 Å². The van der Waals surface area contributed by atoms with E-state index in [2.05, 4.69) is 52.8 Å². The Morgan fingerprint density at radius 2 is 2.11 bits per heavy atom. The molecule has 2 aromatic rings. The van der Waals surface area contributed by atoms with Crippen LogP contribution in [0.2, 0.25) is 0 Å². The van der Waals surface area contributed by atoms with Crippen LogP contribution in [0.5, 0.6) is 5.75 Å². The second-order valence-electron chi connectivity index (χ2n) is 6.63. The van der Waals surface area contributed by atoms with Gasteiger partial charge in [0.1, 0.15) is 11.9 Å². The summed E-state index contributed by atoms with van der Waals surface area (Å²) in [5.41, 5.74) is 3.21. The summed E-state index contributed by atoms with van der Waals surface area (Å²) in [6.07, 6.45) is 1.92. The van der Waals surface area contributed by atoms with Crippen LogP contribution in [-0.4, -0.2) is 37.5 Å². The third-order valence-corrected chi connectivity index (χ3v) is 4.47. The van der Waals surface area contributed by atoms with E-state index in [1.807, 2.05) is 6.07 Å². The van der Waals surface area contributed by atoms with Crippen molar-refractivity contribution in [3.63, 3.8) is 0 Å². The Kier molecular flexibility index (Phi) is 9.04. The van der Waals surface area contributed by atoms with Crippen LogP contribution in [0.15, 0.2) is 33.8 Å². The standard InChI is InChI=1S/C20H28N4O3.HI/c1-4-16-10-18(27-24-16)12-23-20(21-3)22-11-15-6-5-14(2)9-19(15)26-17-7-8-25-13-17;/h5-6,9-10,17H,4,7-8,11-13H2,1-3H3,(H2,21,22,23);1H. The summed E-state index contributed by atoms with van der Waals surface area (Å²) in [6.45, 7) is 6.68. The molecule has 1 aromatic carbocycles. The molecule has 3 rings (SSSR count). The zero-order valence-corrected chi connectivity index (χ0v) is 19.0. The molecule has 1 atom stereocenters. The van der Waals surface area contributed by atoms with Crippen LogP contribution in [0.1, 0.15) is 35.9 Å². The van der Waals surface area contributed by atoms with E-state index in [9.17, 15) is 0 Å². The lowest BCUT2D eigenvalue weighted by atomic mass is 10.1. The number of hydrogen-bond acceptors (Lipinski definition) is 5. The van der Waals surface area contributed by atoms with Crippen LogP contribution < -0.4 is 15.4 Å². The van der Waals surface area contributed by atoms with Crippen molar-refractivity contribution in [1.82, 2.24) is 15.8 Å². The quantitative estimate of drug-likeness (QED) is 0.346. The summed E-state index contributed by atoms with van der Waals surface area (Å²) in [5.74, 6) is 2.38. The molecule has 28 heavy (non-hydrogen) atoms. The maximum Gasteiger partial charge on any atom is 0.191 e. The van der Waals surface area contributed by atoms with Gasteiger partial charge in [-0.05, 0) is 25.0 Å². The van der Waals surface area contributed by atoms with E-state index in [1.54, 1.807) is 7.05 Å². The van der Waals surface area contributed by atoms with Crippen LogP contribution in [0.4, 0.5) is 0 Å². The van der Waals surface area contributed by atoms with Crippen LogP contribution >= 0.6 is 24.0 Å². The van der Waals surface area contributed by atoms with Crippen molar-refractivity contribution in [2.45, 2.75) is 45.9 Å². The summed E-state index contributed by atoms with van der Waals surface area (Å²) >= 11 is 0. The molecule has 2 N–H and O–H groups in total. The number of ether oxygens (including phenoxy) is 2. The SMILES string of the molecule is CCc1cc(CNC(=NC)NCc2ccc(C)cc2OC2CCOC2)on1.I. The van der Waals surface area contributed by atoms with Crippen molar-refractivity contribution < 1.29 is 14.0 Å². The van der Waals surface area contributed by atoms with Crippen molar-refractivity contribution in [3.05, 3.63) is 46.8 Å². The van der Waals surface area contributed by atoms with E-state index >= 15 is 0 Å². The van der Waals surface area contributed by atoms with Gasteiger partial charge >= 0.3 is 0 Å². The van der Waals surface area contributed by atoms with E-state index < -0.39 is 0 Å². The Bertz CT molecular complexity index is 773. The number of aromatic nitrogens is 1. The van der Waals surface area contributed by atoms with Gasteiger partial charge < -0.3 is 24.6 Å². The van der Waals surface area contributed by atoms with Gasteiger partial charge in [-0.1, -0.05) is 24.2 Å². The van der Waals surface area contributed by atoms with E-state index in [4.69, 9.17) is 14.0 Å². The number of rotatable bonds is 7. The number of aryl methyl sites for hydroxylation is 2. The third kappa shape index (κ3) is 6.37. The monoisotopic (exact) mass is 500 g/mol. The largest absolute Gasteiger partial charge is 0.488 e. The minimum Gasteiger partial charge on any atom is -0.488 e. The number of guanidine groups is 1. The average molecular weight is 500 g/mol. The first-order chi connectivity index (χ1) is 13.2. The number of nitrogens with zero attached hydrogens (tertiary/aromatic N) is 2. The molecule has 8 heteroatoms. The lowest BCUT2D eigenvalue weighted by molar-refractivity contribution is 0.140.